The second kappa shape index (κ2) is 5.29. The summed E-state index contributed by atoms with van der Waals surface area (Å²) in [5.74, 6) is -0.343. The van der Waals surface area contributed by atoms with E-state index in [0.29, 0.717) is 19.4 Å². The average molecular weight is 234 g/mol. The Hall–Kier alpha value is -1.39. The molecule has 1 amide bonds. The van der Waals surface area contributed by atoms with Crippen LogP contribution in [-0.2, 0) is 4.79 Å². The van der Waals surface area contributed by atoms with Crippen molar-refractivity contribution >= 4 is 5.91 Å². The molecular weight excluding hydrogens is 216 g/mol. The highest BCUT2D eigenvalue weighted by Crippen LogP contribution is 2.21. The largest absolute Gasteiger partial charge is 0.393 e. The van der Waals surface area contributed by atoms with Gasteiger partial charge in [-0.05, 0) is 18.4 Å². The zero-order valence-corrected chi connectivity index (χ0v) is 9.67. The smallest absolute Gasteiger partial charge is 0.229 e. The lowest BCUT2D eigenvalue weighted by Gasteiger charge is -2.33. The molecule has 1 atom stereocenters. The molecule has 1 aliphatic carbocycles. The first-order chi connectivity index (χ1) is 8.20. The van der Waals surface area contributed by atoms with Crippen molar-refractivity contribution in [3.05, 3.63) is 35.9 Å². The number of hydrogen-bond acceptors (Lipinski definition) is 3. The van der Waals surface area contributed by atoms with Gasteiger partial charge in [-0.1, -0.05) is 30.3 Å². The molecule has 0 spiro atoms. The number of rotatable bonds is 4. The van der Waals surface area contributed by atoms with Crippen LogP contribution in [0.5, 0.6) is 0 Å². The van der Waals surface area contributed by atoms with Crippen molar-refractivity contribution in [2.24, 2.45) is 5.73 Å². The Bertz CT molecular complexity index is 374. The molecule has 0 aromatic heterocycles. The van der Waals surface area contributed by atoms with Crippen LogP contribution in [0.4, 0.5) is 0 Å². The van der Waals surface area contributed by atoms with Crippen LogP contribution in [0.1, 0.15) is 24.3 Å². The zero-order valence-electron chi connectivity index (χ0n) is 9.67. The van der Waals surface area contributed by atoms with Gasteiger partial charge >= 0.3 is 0 Å². The van der Waals surface area contributed by atoms with E-state index in [1.54, 1.807) is 0 Å². The van der Waals surface area contributed by atoms with Crippen molar-refractivity contribution in [3.8, 4) is 0 Å². The van der Waals surface area contributed by atoms with Crippen LogP contribution in [0.2, 0.25) is 0 Å². The number of amides is 1. The van der Waals surface area contributed by atoms with Crippen LogP contribution in [0.25, 0.3) is 0 Å². The lowest BCUT2D eigenvalue weighted by molar-refractivity contribution is -0.124. The molecule has 0 aliphatic heterocycles. The third kappa shape index (κ3) is 2.84. The molecule has 0 radical (unpaired) electrons. The topological polar surface area (TPSA) is 75.4 Å². The molecule has 0 heterocycles. The molecule has 17 heavy (non-hydrogen) atoms. The van der Waals surface area contributed by atoms with Gasteiger partial charge in [-0.25, -0.2) is 0 Å². The molecule has 1 saturated carbocycles. The van der Waals surface area contributed by atoms with Gasteiger partial charge in [0.25, 0.3) is 0 Å². The predicted molar refractivity (Wildman–Crippen MR) is 65.4 cm³/mol. The maximum atomic E-state index is 12.0. The van der Waals surface area contributed by atoms with E-state index in [4.69, 9.17) is 10.8 Å². The van der Waals surface area contributed by atoms with Crippen LogP contribution < -0.4 is 11.1 Å². The highest BCUT2D eigenvalue weighted by Gasteiger charge is 2.30. The molecule has 1 fully saturated rings. The predicted octanol–water partition coefficient (Wildman–Crippen LogP) is 0.368. The van der Waals surface area contributed by atoms with E-state index in [-0.39, 0.29) is 24.0 Å². The first kappa shape index (κ1) is 12.1. The van der Waals surface area contributed by atoms with Crippen LogP contribution in [-0.4, -0.2) is 29.7 Å². The van der Waals surface area contributed by atoms with Gasteiger partial charge in [0.05, 0.1) is 12.0 Å². The van der Waals surface area contributed by atoms with E-state index in [1.165, 1.54) is 0 Å². The van der Waals surface area contributed by atoms with Crippen molar-refractivity contribution in [1.29, 1.82) is 0 Å². The van der Waals surface area contributed by atoms with Gasteiger partial charge in [0.15, 0.2) is 0 Å². The highest BCUT2D eigenvalue weighted by atomic mass is 16.3. The van der Waals surface area contributed by atoms with Crippen molar-refractivity contribution in [1.82, 2.24) is 5.32 Å². The van der Waals surface area contributed by atoms with Crippen molar-refractivity contribution in [2.75, 3.05) is 6.54 Å². The standard InChI is InChI=1S/C13H18N2O2/c14-8-12(9-4-2-1-3-5-9)13(17)15-10-6-11(16)7-10/h1-5,10-12,16H,6-8,14H2,(H,15,17). The monoisotopic (exact) mass is 234 g/mol. The second-order valence-electron chi connectivity index (χ2n) is 4.53. The second-order valence-corrected chi connectivity index (χ2v) is 4.53. The fourth-order valence-electron chi connectivity index (χ4n) is 2.09. The molecule has 4 N–H and O–H groups in total. The molecule has 0 bridgehead atoms. The fourth-order valence-corrected chi connectivity index (χ4v) is 2.09. The van der Waals surface area contributed by atoms with Crippen molar-refractivity contribution < 1.29 is 9.90 Å². The van der Waals surface area contributed by atoms with Gasteiger partial charge in [0.1, 0.15) is 0 Å². The van der Waals surface area contributed by atoms with Gasteiger partial charge < -0.3 is 16.2 Å². The summed E-state index contributed by atoms with van der Waals surface area (Å²) in [6.07, 6.45) is 1.05. The van der Waals surface area contributed by atoms with Crippen LogP contribution in [0.3, 0.4) is 0 Å². The third-order valence-electron chi connectivity index (χ3n) is 3.21. The molecule has 4 nitrogen and oxygen atoms in total. The van der Waals surface area contributed by atoms with E-state index in [9.17, 15) is 4.79 Å². The summed E-state index contributed by atoms with van der Waals surface area (Å²) in [5.41, 5.74) is 6.60. The lowest BCUT2D eigenvalue weighted by atomic mass is 9.88. The van der Waals surface area contributed by atoms with E-state index in [0.717, 1.165) is 5.56 Å². The van der Waals surface area contributed by atoms with Crippen LogP contribution in [0, 0.1) is 0 Å². The van der Waals surface area contributed by atoms with Gasteiger partial charge in [0.2, 0.25) is 5.91 Å². The number of nitrogens with two attached hydrogens (primary N) is 1. The summed E-state index contributed by atoms with van der Waals surface area (Å²) < 4.78 is 0. The van der Waals surface area contributed by atoms with Crippen molar-refractivity contribution in [3.63, 3.8) is 0 Å². The molecule has 0 saturated heterocycles. The normalized spacial score (nSPS) is 24.8. The van der Waals surface area contributed by atoms with E-state index < -0.39 is 0 Å². The molecule has 1 aliphatic rings. The Morgan fingerprint density at radius 2 is 2.06 bits per heavy atom. The Morgan fingerprint density at radius 1 is 1.41 bits per heavy atom. The summed E-state index contributed by atoms with van der Waals surface area (Å²) in [6.45, 7) is 0.297. The van der Waals surface area contributed by atoms with Gasteiger partial charge in [0, 0.05) is 12.6 Å². The SMILES string of the molecule is NCC(C(=O)NC1CC(O)C1)c1ccccc1. The minimum Gasteiger partial charge on any atom is -0.393 e. The number of aliphatic hydroxyl groups is 1. The van der Waals surface area contributed by atoms with E-state index >= 15 is 0 Å². The Morgan fingerprint density at radius 3 is 2.59 bits per heavy atom. The van der Waals surface area contributed by atoms with Gasteiger partial charge in [-0.3, -0.25) is 4.79 Å². The average Bonchev–Trinajstić information content (AvgIpc) is 2.29. The summed E-state index contributed by atoms with van der Waals surface area (Å²) in [5, 5.41) is 12.1. The summed E-state index contributed by atoms with van der Waals surface area (Å²) in [6, 6.07) is 9.64. The number of carbonyl (C=O) groups is 1. The Kier molecular flexibility index (Phi) is 3.76. The van der Waals surface area contributed by atoms with Crippen LogP contribution in [0.15, 0.2) is 30.3 Å². The van der Waals surface area contributed by atoms with Gasteiger partial charge in [-0.2, -0.15) is 0 Å². The molecule has 92 valence electrons. The summed E-state index contributed by atoms with van der Waals surface area (Å²) in [4.78, 5) is 12.0. The third-order valence-corrected chi connectivity index (χ3v) is 3.21. The highest BCUT2D eigenvalue weighted by molar-refractivity contribution is 5.84. The zero-order chi connectivity index (χ0) is 12.3. The lowest BCUT2D eigenvalue weighted by Crippen LogP contribution is -2.49. The molecule has 1 aromatic carbocycles. The van der Waals surface area contributed by atoms with Crippen molar-refractivity contribution in [2.45, 2.75) is 30.9 Å². The molecular formula is C13H18N2O2. The number of hydrogen-bond donors (Lipinski definition) is 3. The maximum Gasteiger partial charge on any atom is 0.229 e. The molecule has 2 rings (SSSR count). The quantitative estimate of drug-likeness (QED) is 0.704. The summed E-state index contributed by atoms with van der Waals surface area (Å²) in [7, 11) is 0. The van der Waals surface area contributed by atoms with Gasteiger partial charge in [-0.15, -0.1) is 0 Å². The van der Waals surface area contributed by atoms with Crippen LogP contribution >= 0.6 is 0 Å². The number of benzene rings is 1. The molecule has 1 aromatic rings. The van der Waals surface area contributed by atoms with E-state index in [1.807, 2.05) is 30.3 Å². The van der Waals surface area contributed by atoms with E-state index in [2.05, 4.69) is 5.32 Å². The summed E-state index contributed by atoms with van der Waals surface area (Å²) >= 11 is 0. The fraction of sp³-hybridized carbons (Fsp3) is 0.462. The molecule has 1 unspecified atom stereocenters. The molecule has 4 heteroatoms. The Labute approximate surface area is 101 Å². The minimum atomic E-state index is -0.297. The number of nitrogens with one attached hydrogen (secondary N) is 1. The number of aliphatic hydroxyl groups excluding tert-OH is 1. The minimum absolute atomic E-state index is 0.0457. The maximum absolute atomic E-state index is 12.0. The first-order valence-electron chi connectivity index (χ1n) is 5.94. The Balaban J connectivity index is 1.96. The first-order valence-corrected chi connectivity index (χ1v) is 5.94. The number of carbonyl (C=O) groups excluding carboxylic acids is 1.